The molecule has 9 aliphatic rings. The van der Waals surface area contributed by atoms with Crippen molar-refractivity contribution in [1.82, 2.24) is 10.2 Å². The third-order valence-corrected chi connectivity index (χ3v) is 17.1. The molecule has 3 saturated carbocycles. The first-order valence-corrected chi connectivity index (χ1v) is 22.4. The zero-order chi connectivity index (χ0) is 34.7. The SMILES string of the molecule is CC1(C)C[C@H]2CC(N(C3CCCCC3)[C@H]3C=C[C@@H]([C@H]4C=C[C@@H](N[C@@H]5CC=C6[C@@H](C5)C(C)(C)C5CC=CC[C@@H]65)CC4)CC3)CC=C2[C@H]2CC=CC[C@H]21. The summed E-state index contributed by atoms with van der Waals surface area (Å²) >= 11 is 0. The summed E-state index contributed by atoms with van der Waals surface area (Å²) in [6.07, 6.45) is 50.6. The first-order chi connectivity index (χ1) is 24.8. The lowest BCUT2D eigenvalue weighted by atomic mass is 9.53. The number of fused-ring (bicyclic) bond motifs is 6. The Hall–Kier alpha value is -1.64. The molecule has 9 aliphatic carbocycles. The topological polar surface area (TPSA) is 15.3 Å². The van der Waals surface area contributed by atoms with E-state index in [1.807, 2.05) is 11.1 Å². The molecule has 0 spiro atoms. The molecule has 0 heterocycles. The Balaban J connectivity index is 0.836. The Labute approximate surface area is 312 Å². The Morgan fingerprint density at radius 2 is 1.29 bits per heavy atom. The van der Waals surface area contributed by atoms with Gasteiger partial charge in [0, 0.05) is 30.2 Å². The van der Waals surface area contributed by atoms with Crippen LogP contribution in [0.15, 0.2) is 71.9 Å². The fourth-order valence-corrected chi connectivity index (χ4v) is 14.5. The first-order valence-electron chi connectivity index (χ1n) is 22.4. The summed E-state index contributed by atoms with van der Waals surface area (Å²) < 4.78 is 0. The standard InChI is InChI=1S/C49H72N2/c1-48(2)32-35-30-40(27-29-41(35)42-14-8-10-16-45(42)48)51(38-12-6-5-7-13-38)39-25-20-34(21-26-39)33-18-22-36(23-19-33)50-37-24-28-44-43-15-9-11-17-46(43)49(3,4)47(44)31-37/h8-11,18,20,22,25,28-29,33-40,42-43,45-47,50H,5-7,12-17,19,21,23-24,26-27,30-32H2,1-4H3/t33-,34+,35+,36+,37+,39-,40?,42+,43-,45+,46?,47+/m0/s1. The van der Waals surface area contributed by atoms with Crippen molar-refractivity contribution in [2.24, 2.45) is 58.2 Å². The summed E-state index contributed by atoms with van der Waals surface area (Å²) in [6, 6.07) is 3.39. The van der Waals surface area contributed by atoms with E-state index in [9.17, 15) is 0 Å². The van der Waals surface area contributed by atoms with Crippen molar-refractivity contribution in [1.29, 1.82) is 0 Å². The van der Waals surface area contributed by atoms with Gasteiger partial charge in [0.1, 0.15) is 0 Å². The maximum Gasteiger partial charge on any atom is 0.0284 e. The van der Waals surface area contributed by atoms with Crippen LogP contribution in [0.1, 0.15) is 143 Å². The minimum absolute atomic E-state index is 0.437. The van der Waals surface area contributed by atoms with Crippen LogP contribution in [-0.2, 0) is 0 Å². The lowest BCUT2D eigenvalue weighted by Gasteiger charge is -2.54. The summed E-state index contributed by atoms with van der Waals surface area (Å²) in [4.78, 5) is 3.14. The predicted molar refractivity (Wildman–Crippen MR) is 215 cm³/mol. The number of allylic oxidation sites excluding steroid dienone is 8. The van der Waals surface area contributed by atoms with E-state index in [0.29, 0.717) is 29.0 Å². The number of hydrogen-bond donors (Lipinski definition) is 1. The third-order valence-electron chi connectivity index (χ3n) is 17.1. The number of hydrogen-bond acceptors (Lipinski definition) is 2. The normalized spacial score (nSPS) is 44.3. The molecule has 0 aromatic rings. The van der Waals surface area contributed by atoms with Crippen LogP contribution < -0.4 is 5.32 Å². The Bertz CT molecular complexity index is 1450. The molecule has 0 aromatic heterocycles. The largest absolute Gasteiger partial charge is 0.307 e. The summed E-state index contributed by atoms with van der Waals surface area (Å²) in [5, 5.41) is 4.17. The van der Waals surface area contributed by atoms with E-state index in [1.54, 1.807) is 0 Å². The zero-order valence-electron chi connectivity index (χ0n) is 33.0. The fraction of sp³-hybridized carbons (Fsp3) is 0.755. The Morgan fingerprint density at radius 1 is 0.608 bits per heavy atom. The van der Waals surface area contributed by atoms with E-state index >= 15 is 0 Å². The van der Waals surface area contributed by atoms with Crippen LogP contribution in [-0.4, -0.2) is 35.1 Å². The van der Waals surface area contributed by atoms with Gasteiger partial charge in [0.05, 0.1) is 0 Å². The lowest BCUT2D eigenvalue weighted by Crippen LogP contribution is -2.53. The van der Waals surface area contributed by atoms with E-state index in [-0.39, 0.29) is 0 Å². The molecule has 2 unspecified atom stereocenters. The first kappa shape index (κ1) is 35.1. The van der Waals surface area contributed by atoms with E-state index in [1.165, 1.54) is 116 Å². The van der Waals surface area contributed by atoms with Gasteiger partial charge in [-0.25, -0.2) is 0 Å². The summed E-state index contributed by atoms with van der Waals surface area (Å²) in [7, 11) is 0. The average molecular weight is 689 g/mol. The molecule has 1 N–H and O–H groups in total. The van der Waals surface area contributed by atoms with E-state index in [2.05, 4.69) is 98.7 Å². The summed E-state index contributed by atoms with van der Waals surface area (Å²) in [5.74, 6) is 6.39. The number of rotatable bonds is 6. The molecule has 2 nitrogen and oxygen atoms in total. The zero-order valence-corrected chi connectivity index (χ0v) is 33.0. The fourth-order valence-electron chi connectivity index (χ4n) is 14.5. The third kappa shape index (κ3) is 6.61. The van der Waals surface area contributed by atoms with Crippen LogP contribution >= 0.6 is 0 Å². The van der Waals surface area contributed by atoms with Gasteiger partial charge < -0.3 is 5.32 Å². The highest BCUT2D eigenvalue weighted by Crippen LogP contribution is 2.61. The quantitative estimate of drug-likeness (QED) is 0.279. The van der Waals surface area contributed by atoms with Crippen LogP contribution in [0.5, 0.6) is 0 Å². The second kappa shape index (κ2) is 14.2. The van der Waals surface area contributed by atoms with Crippen molar-refractivity contribution in [2.45, 2.75) is 173 Å². The molecular formula is C49H72N2. The predicted octanol–water partition coefficient (Wildman–Crippen LogP) is 11.9. The minimum Gasteiger partial charge on any atom is -0.307 e. The molecule has 0 radical (unpaired) electrons. The van der Waals surface area contributed by atoms with Crippen LogP contribution in [0.25, 0.3) is 0 Å². The van der Waals surface area contributed by atoms with Crippen LogP contribution in [0, 0.1) is 58.2 Å². The molecular weight excluding hydrogens is 617 g/mol. The van der Waals surface area contributed by atoms with Gasteiger partial charge in [0.2, 0.25) is 0 Å². The molecule has 0 saturated heterocycles. The highest BCUT2D eigenvalue weighted by molar-refractivity contribution is 5.30. The van der Waals surface area contributed by atoms with Crippen LogP contribution in [0.4, 0.5) is 0 Å². The molecule has 3 fully saturated rings. The van der Waals surface area contributed by atoms with Gasteiger partial charge in [-0.15, -0.1) is 0 Å². The van der Waals surface area contributed by atoms with E-state index in [4.69, 9.17) is 0 Å². The monoisotopic (exact) mass is 689 g/mol. The van der Waals surface area contributed by atoms with Crippen molar-refractivity contribution in [3.05, 3.63) is 71.9 Å². The van der Waals surface area contributed by atoms with Gasteiger partial charge in [0.25, 0.3) is 0 Å². The molecule has 51 heavy (non-hydrogen) atoms. The van der Waals surface area contributed by atoms with E-state index < -0.39 is 0 Å². The van der Waals surface area contributed by atoms with Crippen molar-refractivity contribution in [3.63, 3.8) is 0 Å². The maximum absolute atomic E-state index is 4.17. The molecule has 9 rings (SSSR count). The van der Waals surface area contributed by atoms with Gasteiger partial charge in [-0.3, -0.25) is 4.90 Å². The van der Waals surface area contributed by atoms with Crippen molar-refractivity contribution in [2.75, 3.05) is 0 Å². The molecule has 2 heteroatoms. The van der Waals surface area contributed by atoms with Crippen molar-refractivity contribution < 1.29 is 0 Å². The van der Waals surface area contributed by atoms with Crippen LogP contribution in [0.2, 0.25) is 0 Å². The molecule has 0 amide bonds. The summed E-state index contributed by atoms with van der Waals surface area (Å²) in [6.45, 7) is 10.4. The molecule has 0 aromatic carbocycles. The smallest absolute Gasteiger partial charge is 0.0284 e. The van der Waals surface area contributed by atoms with Gasteiger partial charge in [-0.1, -0.05) is 119 Å². The second-order valence-corrected chi connectivity index (χ2v) is 20.6. The van der Waals surface area contributed by atoms with Gasteiger partial charge in [-0.2, -0.15) is 0 Å². The Morgan fingerprint density at radius 3 is 2.02 bits per heavy atom. The van der Waals surface area contributed by atoms with Gasteiger partial charge >= 0.3 is 0 Å². The summed E-state index contributed by atoms with van der Waals surface area (Å²) in [5.41, 5.74) is 4.61. The highest BCUT2D eigenvalue weighted by Gasteiger charge is 2.53. The minimum atomic E-state index is 0.437. The second-order valence-electron chi connectivity index (χ2n) is 20.6. The number of nitrogens with zero attached hydrogens (tertiary/aromatic N) is 1. The Kier molecular flexibility index (Phi) is 9.78. The molecule has 278 valence electrons. The number of nitrogens with one attached hydrogen (secondary N) is 1. The molecule has 12 atom stereocenters. The van der Waals surface area contributed by atoms with Crippen LogP contribution in [0.3, 0.4) is 0 Å². The van der Waals surface area contributed by atoms with Gasteiger partial charge in [-0.05, 0) is 154 Å². The maximum atomic E-state index is 4.17. The van der Waals surface area contributed by atoms with E-state index in [0.717, 1.165) is 59.4 Å². The highest BCUT2D eigenvalue weighted by atomic mass is 15.2. The lowest BCUT2D eigenvalue weighted by molar-refractivity contribution is 0.0239. The average Bonchev–Trinajstić information content (AvgIpc) is 3.38. The van der Waals surface area contributed by atoms with Crippen molar-refractivity contribution in [3.8, 4) is 0 Å². The van der Waals surface area contributed by atoms with Crippen molar-refractivity contribution >= 4 is 0 Å². The molecule has 0 aliphatic heterocycles. The molecule has 0 bridgehead atoms. The van der Waals surface area contributed by atoms with Gasteiger partial charge in [0.15, 0.2) is 0 Å².